The standard InChI is InChI=1S/C16H33NO/c1-3-5-6-7-10-14-18-16-12-9-8-11-15(16)17-13-4-2/h15-17H,3-14H2,1-2H3. The molecule has 2 heteroatoms. The van der Waals surface area contributed by atoms with Crippen LogP contribution in [-0.4, -0.2) is 25.3 Å². The molecular formula is C16H33NO. The molecule has 2 atom stereocenters. The van der Waals surface area contributed by atoms with Gasteiger partial charge in [-0.3, -0.25) is 0 Å². The van der Waals surface area contributed by atoms with Gasteiger partial charge in [0, 0.05) is 12.6 Å². The molecule has 1 fully saturated rings. The fraction of sp³-hybridized carbons (Fsp3) is 1.00. The largest absolute Gasteiger partial charge is 0.377 e. The first-order valence-electron chi connectivity index (χ1n) is 8.23. The Bertz CT molecular complexity index is 184. The first kappa shape index (κ1) is 16.0. The van der Waals surface area contributed by atoms with E-state index in [1.165, 1.54) is 64.2 Å². The monoisotopic (exact) mass is 255 g/mol. The van der Waals surface area contributed by atoms with Crippen molar-refractivity contribution < 1.29 is 4.74 Å². The Morgan fingerprint density at radius 3 is 2.50 bits per heavy atom. The Labute approximate surface area is 114 Å². The van der Waals surface area contributed by atoms with E-state index in [0.29, 0.717) is 12.1 Å². The molecular weight excluding hydrogens is 222 g/mol. The predicted octanol–water partition coefficient (Wildman–Crippen LogP) is 4.28. The summed E-state index contributed by atoms with van der Waals surface area (Å²) in [5.41, 5.74) is 0. The van der Waals surface area contributed by atoms with Crippen molar-refractivity contribution in [1.82, 2.24) is 5.32 Å². The molecule has 1 aliphatic rings. The molecule has 1 saturated carbocycles. The van der Waals surface area contributed by atoms with E-state index in [-0.39, 0.29) is 0 Å². The lowest BCUT2D eigenvalue weighted by Gasteiger charge is -2.32. The Balaban J connectivity index is 2.09. The highest BCUT2D eigenvalue weighted by Crippen LogP contribution is 2.21. The quantitative estimate of drug-likeness (QED) is 0.588. The van der Waals surface area contributed by atoms with Gasteiger partial charge in [-0.2, -0.15) is 0 Å². The van der Waals surface area contributed by atoms with Gasteiger partial charge in [0.15, 0.2) is 0 Å². The van der Waals surface area contributed by atoms with Crippen LogP contribution in [0.1, 0.15) is 78.1 Å². The summed E-state index contributed by atoms with van der Waals surface area (Å²) in [6.45, 7) is 6.61. The lowest BCUT2D eigenvalue weighted by molar-refractivity contribution is 0.00348. The number of hydrogen-bond donors (Lipinski definition) is 1. The van der Waals surface area contributed by atoms with E-state index >= 15 is 0 Å². The molecule has 0 aromatic heterocycles. The van der Waals surface area contributed by atoms with Crippen molar-refractivity contribution in [2.24, 2.45) is 0 Å². The molecule has 2 nitrogen and oxygen atoms in total. The van der Waals surface area contributed by atoms with E-state index in [1.54, 1.807) is 0 Å². The molecule has 108 valence electrons. The van der Waals surface area contributed by atoms with Crippen LogP contribution in [0.2, 0.25) is 0 Å². The molecule has 0 aromatic rings. The minimum atomic E-state index is 0.483. The van der Waals surface area contributed by atoms with Gasteiger partial charge in [-0.25, -0.2) is 0 Å². The molecule has 0 radical (unpaired) electrons. The van der Waals surface area contributed by atoms with E-state index in [4.69, 9.17) is 4.74 Å². The third-order valence-corrected chi connectivity index (χ3v) is 3.94. The van der Waals surface area contributed by atoms with Crippen molar-refractivity contribution in [2.45, 2.75) is 90.2 Å². The Morgan fingerprint density at radius 2 is 1.72 bits per heavy atom. The Morgan fingerprint density at radius 1 is 0.944 bits per heavy atom. The fourth-order valence-electron chi connectivity index (χ4n) is 2.80. The van der Waals surface area contributed by atoms with Crippen molar-refractivity contribution in [3.63, 3.8) is 0 Å². The average Bonchev–Trinajstić information content (AvgIpc) is 2.41. The zero-order chi connectivity index (χ0) is 13.1. The molecule has 1 rings (SSSR count). The zero-order valence-corrected chi connectivity index (χ0v) is 12.5. The smallest absolute Gasteiger partial charge is 0.0728 e. The second-order valence-corrected chi connectivity index (χ2v) is 5.67. The van der Waals surface area contributed by atoms with E-state index in [0.717, 1.165) is 13.2 Å². The fourth-order valence-corrected chi connectivity index (χ4v) is 2.80. The molecule has 0 bridgehead atoms. The summed E-state index contributed by atoms with van der Waals surface area (Å²) in [6, 6.07) is 0.620. The maximum atomic E-state index is 6.11. The van der Waals surface area contributed by atoms with Crippen LogP contribution < -0.4 is 5.32 Å². The van der Waals surface area contributed by atoms with E-state index < -0.39 is 0 Å². The summed E-state index contributed by atoms with van der Waals surface area (Å²) >= 11 is 0. The van der Waals surface area contributed by atoms with Crippen LogP contribution in [0.5, 0.6) is 0 Å². The molecule has 0 aliphatic heterocycles. The summed E-state index contributed by atoms with van der Waals surface area (Å²) in [4.78, 5) is 0. The number of nitrogens with one attached hydrogen (secondary N) is 1. The minimum Gasteiger partial charge on any atom is -0.377 e. The Kier molecular flexibility index (Phi) is 9.59. The topological polar surface area (TPSA) is 21.3 Å². The highest BCUT2D eigenvalue weighted by molar-refractivity contribution is 4.81. The molecule has 0 spiro atoms. The summed E-state index contributed by atoms with van der Waals surface area (Å²) in [5.74, 6) is 0. The summed E-state index contributed by atoms with van der Waals surface area (Å²) in [7, 11) is 0. The molecule has 0 saturated heterocycles. The van der Waals surface area contributed by atoms with Gasteiger partial charge >= 0.3 is 0 Å². The summed E-state index contributed by atoms with van der Waals surface area (Å²) in [5, 5.41) is 3.66. The molecule has 1 aliphatic carbocycles. The highest BCUT2D eigenvalue weighted by atomic mass is 16.5. The van der Waals surface area contributed by atoms with Crippen LogP contribution >= 0.6 is 0 Å². The number of hydrogen-bond acceptors (Lipinski definition) is 2. The number of ether oxygens (including phenoxy) is 1. The molecule has 0 heterocycles. The lowest BCUT2D eigenvalue weighted by Crippen LogP contribution is -2.44. The van der Waals surface area contributed by atoms with Gasteiger partial charge in [0.05, 0.1) is 6.10 Å². The second kappa shape index (κ2) is 10.8. The third-order valence-electron chi connectivity index (χ3n) is 3.94. The van der Waals surface area contributed by atoms with Gasteiger partial charge in [0.2, 0.25) is 0 Å². The van der Waals surface area contributed by atoms with Crippen molar-refractivity contribution in [1.29, 1.82) is 0 Å². The van der Waals surface area contributed by atoms with Crippen LogP contribution in [-0.2, 0) is 4.74 Å². The van der Waals surface area contributed by atoms with E-state index in [2.05, 4.69) is 19.2 Å². The first-order valence-corrected chi connectivity index (χ1v) is 8.23. The van der Waals surface area contributed by atoms with Crippen LogP contribution in [0.25, 0.3) is 0 Å². The molecule has 18 heavy (non-hydrogen) atoms. The number of rotatable bonds is 10. The normalized spacial score (nSPS) is 24.3. The Hall–Kier alpha value is -0.0800. The second-order valence-electron chi connectivity index (χ2n) is 5.67. The average molecular weight is 255 g/mol. The maximum absolute atomic E-state index is 6.11. The van der Waals surface area contributed by atoms with Crippen LogP contribution in [0.4, 0.5) is 0 Å². The van der Waals surface area contributed by atoms with Crippen molar-refractivity contribution in [2.75, 3.05) is 13.2 Å². The van der Waals surface area contributed by atoms with Gasteiger partial charge in [-0.15, -0.1) is 0 Å². The van der Waals surface area contributed by atoms with Gasteiger partial charge in [0.1, 0.15) is 0 Å². The summed E-state index contributed by atoms with van der Waals surface area (Å²) in [6.07, 6.45) is 13.7. The first-order chi connectivity index (χ1) is 8.88. The maximum Gasteiger partial charge on any atom is 0.0728 e. The van der Waals surface area contributed by atoms with Gasteiger partial charge in [-0.05, 0) is 32.2 Å². The van der Waals surface area contributed by atoms with E-state index in [9.17, 15) is 0 Å². The molecule has 2 unspecified atom stereocenters. The predicted molar refractivity (Wildman–Crippen MR) is 79.0 cm³/mol. The molecule has 0 amide bonds. The van der Waals surface area contributed by atoms with Crippen LogP contribution in [0.3, 0.4) is 0 Å². The molecule has 1 N–H and O–H groups in total. The van der Waals surface area contributed by atoms with Crippen molar-refractivity contribution >= 4 is 0 Å². The van der Waals surface area contributed by atoms with Crippen LogP contribution in [0, 0.1) is 0 Å². The van der Waals surface area contributed by atoms with Crippen LogP contribution in [0.15, 0.2) is 0 Å². The minimum absolute atomic E-state index is 0.483. The SMILES string of the molecule is CCCCCCCOC1CCCCC1NCCC. The van der Waals surface area contributed by atoms with Gasteiger partial charge < -0.3 is 10.1 Å². The van der Waals surface area contributed by atoms with Gasteiger partial charge in [0.25, 0.3) is 0 Å². The molecule has 0 aromatic carbocycles. The van der Waals surface area contributed by atoms with Gasteiger partial charge in [-0.1, -0.05) is 52.4 Å². The number of unbranched alkanes of at least 4 members (excludes halogenated alkanes) is 4. The third kappa shape index (κ3) is 6.75. The summed E-state index contributed by atoms with van der Waals surface area (Å²) < 4.78 is 6.11. The highest BCUT2D eigenvalue weighted by Gasteiger charge is 2.24. The van der Waals surface area contributed by atoms with Crippen molar-refractivity contribution in [3.8, 4) is 0 Å². The zero-order valence-electron chi connectivity index (χ0n) is 12.5. The van der Waals surface area contributed by atoms with Crippen molar-refractivity contribution in [3.05, 3.63) is 0 Å². The van der Waals surface area contributed by atoms with E-state index in [1.807, 2.05) is 0 Å². The lowest BCUT2D eigenvalue weighted by atomic mass is 9.92.